The van der Waals surface area contributed by atoms with Crippen LogP contribution in [0.5, 0.6) is 0 Å². The topological polar surface area (TPSA) is 87.9 Å². The number of urea groups is 1. The molecule has 0 unspecified atom stereocenters. The fraction of sp³-hybridized carbons (Fsp3) is 0.522. The summed E-state index contributed by atoms with van der Waals surface area (Å²) in [4.78, 5) is 33.4. The van der Waals surface area contributed by atoms with Gasteiger partial charge in [0.1, 0.15) is 5.76 Å². The normalized spacial score (nSPS) is 17.6. The van der Waals surface area contributed by atoms with Crippen LogP contribution < -0.4 is 5.32 Å². The number of rotatable bonds is 5. The summed E-state index contributed by atoms with van der Waals surface area (Å²) in [5.41, 5.74) is 1.61. The minimum atomic E-state index is -0.0916. The molecule has 2 saturated heterocycles. The van der Waals surface area contributed by atoms with E-state index < -0.39 is 0 Å². The number of carbonyl (C=O) groups is 2. The molecule has 1 aromatic heterocycles. The predicted octanol–water partition coefficient (Wildman–Crippen LogP) is 2.59. The molecule has 2 aliphatic rings. The average Bonchev–Trinajstić information content (AvgIpc) is 3.21. The van der Waals surface area contributed by atoms with E-state index in [1.54, 1.807) is 11.8 Å². The molecule has 166 valence electrons. The Morgan fingerprint density at radius 2 is 1.77 bits per heavy atom. The third kappa shape index (κ3) is 5.25. The molecule has 31 heavy (non-hydrogen) atoms. The first-order valence-electron chi connectivity index (χ1n) is 11.0. The summed E-state index contributed by atoms with van der Waals surface area (Å²) in [6, 6.07) is 10.1. The molecule has 0 radical (unpaired) electrons. The number of aryl methyl sites for hydroxylation is 1. The second kappa shape index (κ2) is 9.96. The van der Waals surface area contributed by atoms with Crippen molar-refractivity contribution in [2.24, 2.45) is 0 Å². The van der Waals surface area contributed by atoms with Gasteiger partial charge in [0.05, 0.1) is 13.2 Å². The Morgan fingerprint density at radius 1 is 1.06 bits per heavy atom. The van der Waals surface area contributed by atoms with Crippen molar-refractivity contribution in [1.82, 2.24) is 20.1 Å². The summed E-state index contributed by atoms with van der Waals surface area (Å²) in [6.45, 7) is 5.99. The quantitative estimate of drug-likeness (QED) is 0.794. The number of amides is 3. The standard InChI is InChI=1S/C23H30N4O4/c1-17-20(22(28)26-13-15-30-16-14-26)25-21(31-17)19-8-11-27(12-9-19)23(29)24-10-7-18-5-3-2-4-6-18/h2-6,19H,7-16H2,1H3,(H,24,29). The molecule has 2 aromatic rings. The maximum atomic E-state index is 12.7. The SMILES string of the molecule is Cc1oc(C2CCN(C(=O)NCCc3ccccc3)CC2)nc1C(=O)N1CCOCC1. The zero-order chi connectivity index (χ0) is 21.6. The number of carbonyl (C=O) groups excluding carboxylic acids is 2. The number of piperidine rings is 1. The minimum Gasteiger partial charge on any atom is -0.445 e. The van der Waals surface area contributed by atoms with Crippen molar-refractivity contribution < 1.29 is 18.7 Å². The summed E-state index contributed by atoms with van der Waals surface area (Å²) in [7, 11) is 0. The number of oxazole rings is 1. The van der Waals surface area contributed by atoms with E-state index in [1.165, 1.54) is 5.56 Å². The third-order valence-electron chi connectivity index (χ3n) is 5.98. The lowest BCUT2D eigenvalue weighted by Crippen LogP contribution is -2.44. The number of nitrogens with zero attached hydrogens (tertiary/aromatic N) is 3. The van der Waals surface area contributed by atoms with Crippen molar-refractivity contribution in [1.29, 1.82) is 0 Å². The number of hydrogen-bond acceptors (Lipinski definition) is 5. The van der Waals surface area contributed by atoms with Crippen molar-refractivity contribution >= 4 is 11.9 Å². The van der Waals surface area contributed by atoms with Crippen LogP contribution in [0, 0.1) is 6.92 Å². The van der Waals surface area contributed by atoms with Crippen LogP contribution in [0.15, 0.2) is 34.7 Å². The molecule has 1 N–H and O–H groups in total. The zero-order valence-electron chi connectivity index (χ0n) is 18.0. The molecule has 3 heterocycles. The Kier molecular flexibility index (Phi) is 6.86. The van der Waals surface area contributed by atoms with Crippen LogP contribution in [0.25, 0.3) is 0 Å². The monoisotopic (exact) mass is 426 g/mol. The summed E-state index contributed by atoms with van der Waals surface area (Å²) in [6.07, 6.45) is 2.37. The molecule has 3 amide bonds. The van der Waals surface area contributed by atoms with Crippen molar-refractivity contribution in [2.75, 3.05) is 45.9 Å². The molecule has 8 heteroatoms. The Labute approximate surface area is 182 Å². The van der Waals surface area contributed by atoms with Gasteiger partial charge in [0.25, 0.3) is 5.91 Å². The van der Waals surface area contributed by atoms with Gasteiger partial charge in [0.2, 0.25) is 0 Å². The van der Waals surface area contributed by atoms with E-state index in [0.29, 0.717) is 63.3 Å². The van der Waals surface area contributed by atoms with Crippen molar-refractivity contribution in [3.8, 4) is 0 Å². The van der Waals surface area contributed by atoms with E-state index >= 15 is 0 Å². The number of likely N-dealkylation sites (tertiary alicyclic amines) is 1. The fourth-order valence-electron chi connectivity index (χ4n) is 4.11. The van der Waals surface area contributed by atoms with Crippen LogP contribution in [0.1, 0.15) is 46.5 Å². The summed E-state index contributed by atoms with van der Waals surface area (Å²) < 4.78 is 11.2. The minimum absolute atomic E-state index is 0.0267. The van der Waals surface area contributed by atoms with E-state index in [-0.39, 0.29) is 17.9 Å². The summed E-state index contributed by atoms with van der Waals surface area (Å²) >= 11 is 0. The molecule has 0 saturated carbocycles. The van der Waals surface area contributed by atoms with E-state index in [9.17, 15) is 9.59 Å². The molecular weight excluding hydrogens is 396 g/mol. The maximum absolute atomic E-state index is 12.7. The molecule has 4 rings (SSSR count). The maximum Gasteiger partial charge on any atom is 0.317 e. The van der Waals surface area contributed by atoms with E-state index in [0.717, 1.165) is 19.3 Å². The number of hydrogen-bond donors (Lipinski definition) is 1. The predicted molar refractivity (Wildman–Crippen MR) is 115 cm³/mol. The molecule has 0 atom stereocenters. The van der Waals surface area contributed by atoms with E-state index in [4.69, 9.17) is 9.15 Å². The number of morpholine rings is 1. The van der Waals surface area contributed by atoms with Gasteiger partial charge in [-0.2, -0.15) is 0 Å². The molecule has 0 spiro atoms. The Balaban J connectivity index is 1.26. The summed E-state index contributed by atoms with van der Waals surface area (Å²) in [5, 5.41) is 3.01. The van der Waals surface area contributed by atoms with Crippen LogP contribution in [0.4, 0.5) is 4.79 Å². The highest BCUT2D eigenvalue weighted by molar-refractivity contribution is 5.93. The lowest BCUT2D eigenvalue weighted by molar-refractivity contribution is 0.0298. The van der Waals surface area contributed by atoms with E-state index in [1.807, 2.05) is 23.1 Å². The molecule has 0 aliphatic carbocycles. The highest BCUT2D eigenvalue weighted by atomic mass is 16.5. The second-order valence-corrected chi connectivity index (χ2v) is 8.09. The van der Waals surface area contributed by atoms with Gasteiger partial charge in [-0.3, -0.25) is 4.79 Å². The van der Waals surface area contributed by atoms with Gasteiger partial charge >= 0.3 is 6.03 Å². The number of aromatic nitrogens is 1. The number of nitrogens with one attached hydrogen (secondary N) is 1. The first kappa shape index (κ1) is 21.4. The summed E-state index contributed by atoms with van der Waals surface area (Å²) in [5.74, 6) is 1.20. The molecule has 0 bridgehead atoms. The van der Waals surface area contributed by atoms with Gasteiger partial charge in [0, 0.05) is 38.6 Å². The van der Waals surface area contributed by atoms with Gasteiger partial charge in [-0.05, 0) is 31.7 Å². The Morgan fingerprint density at radius 3 is 2.48 bits per heavy atom. The van der Waals surface area contributed by atoms with Crippen LogP contribution in [0.3, 0.4) is 0 Å². The lowest BCUT2D eigenvalue weighted by Gasteiger charge is -2.30. The van der Waals surface area contributed by atoms with E-state index in [2.05, 4.69) is 22.4 Å². The zero-order valence-corrected chi connectivity index (χ0v) is 18.0. The lowest BCUT2D eigenvalue weighted by atomic mass is 9.97. The van der Waals surface area contributed by atoms with Crippen LogP contribution in [-0.4, -0.2) is 72.7 Å². The van der Waals surface area contributed by atoms with Gasteiger partial charge < -0.3 is 24.3 Å². The largest absolute Gasteiger partial charge is 0.445 e. The Hall–Kier alpha value is -2.87. The number of benzene rings is 1. The average molecular weight is 427 g/mol. The van der Waals surface area contributed by atoms with Crippen molar-refractivity contribution in [3.63, 3.8) is 0 Å². The molecule has 2 aliphatic heterocycles. The van der Waals surface area contributed by atoms with Crippen LogP contribution >= 0.6 is 0 Å². The first-order valence-corrected chi connectivity index (χ1v) is 11.0. The molecular formula is C23H30N4O4. The third-order valence-corrected chi connectivity index (χ3v) is 5.98. The fourth-order valence-corrected chi connectivity index (χ4v) is 4.11. The highest BCUT2D eigenvalue weighted by Gasteiger charge is 2.30. The molecule has 8 nitrogen and oxygen atoms in total. The van der Waals surface area contributed by atoms with Gasteiger partial charge in [0.15, 0.2) is 11.6 Å². The highest BCUT2D eigenvalue weighted by Crippen LogP contribution is 2.29. The van der Waals surface area contributed by atoms with Crippen molar-refractivity contribution in [3.05, 3.63) is 53.2 Å². The van der Waals surface area contributed by atoms with Gasteiger partial charge in [-0.25, -0.2) is 9.78 Å². The van der Waals surface area contributed by atoms with Gasteiger partial charge in [-0.15, -0.1) is 0 Å². The smallest absolute Gasteiger partial charge is 0.317 e. The van der Waals surface area contributed by atoms with Gasteiger partial charge in [-0.1, -0.05) is 30.3 Å². The van der Waals surface area contributed by atoms with Crippen molar-refractivity contribution in [2.45, 2.75) is 32.1 Å². The Bertz CT molecular complexity index is 884. The molecule has 1 aromatic carbocycles. The molecule has 2 fully saturated rings. The van der Waals surface area contributed by atoms with Crippen LogP contribution in [-0.2, 0) is 11.2 Å². The second-order valence-electron chi connectivity index (χ2n) is 8.09. The van der Waals surface area contributed by atoms with Crippen LogP contribution in [0.2, 0.25) is 0 Å². The first-order chi connectivity index (χ1) is 15.1. The number of ether oxygens (including phenoxy) is 1.